The summed E-state index contributed by atoms with van der Waals surface area (Å²) in [6, 6.07) is 9.37. The number of nitrogens with two attached hydrogens (primary N) is 1. The maximum Gasteiger partial charge on any atom is 0.270 e. The van der Waals surface area contributed by atoms with E-state index in [1.165, 1.54) is 6.33 Å². The molecule has 1 saturated carbocycles. The van der Waals surface area contributed by atoms with E-state index in [1.54, 1.807) is 0 Å². The summed E-state index contributed by atoms with van der Waals surface area (Å²) in [5.41, 5.74) is 7.84. The Hall–Kier alpha value is -3.16. The number of rotatable bonds is 6. The van der Waals surface area contributed by atoms with Gasteiger partial charge in [0.1, 0.15) is 17.8 Å². The minimum atomic E-state index is -0.240. The van der Waals surface area contributed by atoms with E-state index in [-0.39, 0.29) is 11.9 Å². The van der Waals surface area contributed by atoms with Gasteiger partial charge in [-0.1, -0.05) is 30.3 Å². The SMILES string of the molecule is CCn1ncnc1[C@@H](NC(=O)c1[nH]nc(N)c1-c1ccccc1)C1CC1. The van der Waals surface area contributed by atoms with Crippen LogP contribution in [0.1, 0.15) is 42.1 Å². The molecule has 1 fully saturated rings. The van der Waals surface area contributed by atoms with Crippen molar-refractivity contribution in [2.75, 3.05) is 5.73 Å². The van der Waals surface area contributed by atoms with Crippen molar-refractivity contribution < 1.29 is 4.79 Å². The van der Waals surface area contributed by atoms with Crippen molar-refractivity contribution in [2.45, 2.75) is 32.4 Å². The third-order valence-corrected chi connectivity index (χ3v) is 4.69. The number of benzene rings is 1. The summed E-state index contributed by atoms with van der Waals surface area (Å²) in [5, 5.41) is 14.2. The molecule has 4 N–H and O–H groups in total. The minimum absolute atomic E-state index is 0.168. The molecule has 3 aromatic rings. The summed E-state index contributed by atoms with van der Waals surface area (Å²) in [5.74, 6) is 1.24. The zero-order valence-corrected chi connectivity index (χ0v) is 14.5. The lowest BCUT2D eigenvalue weighted by molar-refractivity contribution is 0.0924. The Kier molecular flexibility index (Phi) is 4.16. The van der Waals surface area contributed by atoms with Crippen molar-refractivity contribution in [3.8, 4) is 11.1 Å². The second-order valence-corrected chi connectivity index (χ2v) is 6.45. The van der Waals surface area contributed by atoms with Crippen LogP contribution in [0.3, 0.4) is 0 Å². The summed E-state index contributed by atoms with van der Waals surface area (Å²) >= 11 is 0. The predicted molar refractivity (Wildman–Crippen MR) is 97.1 cm³/mol. The number of carbonyl (C=O) groups is 1. The molecule has 8 heteroatoms. The van der Waals surface area contributed by atoms with Crippen LogP contribution in [0.2, 0.25) is 0 Å². The van der Waals surface area contributed by atoms with E-state index >= 15 is 0 Å². The molecule has 2 aromatic heterocycles. The van der Waals surface area contributed by atoms with Crippen LogP contribution in [0.15, 0.2) is 36.7 Å². The lowest BCUT2D eigenvalue weighted by atomic mass is 10.0. The first kappa shape index (κ1) is 16.3. The molecule has 1 aromatic carbocycles. The standard InChI is InChI=1S/C18H21N7O/c1-2-25-17(20-10-21-25)14(12-8-9-12)22-18(26)15-13(16(19)24-23-15)11-6-4-3-5-7-11/h3-7,10,12,14H,2,8-9H2,1H3,(H,22,26)(H3,19,23,24)/t14-/m0/s1. The Morgan fingerprint density at radius 1 is 1.38 bits per heavy atom. The molecule has 134 valence electrons. The van der Waals surface area contributed by atoms with E-state index in [0.29, 0.717) is 29.5 Å². The first-order valence-electron chi connectivity index (χ1n) is 8.76. The Morgan fingerprint density at radius 3 is 2.85 bits per heavy atom. The lowest BCUT2D eigenvalue weighted by Crippen LogP contribution is -2.32. The van der Waals surface area contributed by atoms with Crippen LogP contribution in [-0.2, 0) is 6.54 Å². The number of carbonyl (C=O) groups excluding carboxylic acids is 1. The predicted octanol–water partition coefficient (Wildman–Crippen LogP) is 2.15. The molecule has 1 atom stereocenters. The summed E-state index contributed by atoms with van der Waals surface area (Å²) in [4.78, 5) is 17.4. The molecule has 1 aliphatic carbocycles. The molecule has 0 aliphatic heterocycles. The fourth-order valence-corrected chi connectivity index (χ4v) is 3.21. The molecule has 0 unspecified atom stereocenters. The van der Waals surface area contributed by atoms with Gasteiger partial charge in [0.05, 0.1) is 11.6 Å². The quantitative estimate of drug-likeness (QED) is 0.629. The van der Waals surface area contributed by atoms with Gasteiger partial charge in [-0.25, -0.2) is 9.67 Å². The van der Waals surface area contributed by atoms with Crippen molar-refractivity contribution in [3.05, 3.63) is 48.2 Å². The van der Waals surface area contributed by atoms with Crippen LogP contribution in [0.5, 0.6) is 0 Å². The van der Waals surface area contributed by atoms with Gasteiger partial charge in [0.25, 0.3) is 5.91 Å². The Bertz CT molecular complexity index is 911. The van der Waals surface area contributed by atoms with E-state index < -0.39 is 0 Å². The van der Waals surface area contributed by atoms with Crippen molar-refractivity contribution in [2.24, 2.45) is 5.92 Å². The number of aromatic nitrogens is 5. The highest BCUT2D eigenvalue weighted by Crippen LogP contribution is 2.40. The molecule has 0 saturated heterocycles. The molecule has 0 bridgehead atoms. The van der Waals surface area contributed by atoms with E-state index in [2.05, 4.69) is 25.6 Å². The highest BCUT2D eigenvalue weighted by atomic mass is 16.2. The molecule has 8 nitrogen and oxygen atoms in total. The van der Waals surface area contributed by atoms with Crippen molar-refractivity contribution in [1.82, 2.24) is 30.3 Å². The molecule has 26 heavy (non-hydrogen) atoms. The maximum absolute atomic E-state index is 13.0. The number of nitrogens with one attached hydrogen (secondary N) is 2. The molecule has 1 amide bonds. The van der Waals surface area contributed by atoms with Crippen LogP contribution in [-0.4, -0.2) is 30.9 Å². The van der Waals surface area contributed by atoms with Gasteiger partial charge in [-0.05, 0) is 31.2 Å². The largest absolute Gasteiger partial charge is 0.382 e. The first-order chi connectivity index (χ1) is 12.7. The van der Waals surface area contributed by atoms with Crippen LogP contribution in [0.4, 0.5) is 5.82 Å². The summed E-state index contributed by atoms with van der Waals surface area (Å²) in [6.45, 7) is 2.72. The molecule has 0 radical (unpaired) electrons. The van der Waals surface area contributed by atoms with Gasteiger partial charge >= 0.3 is 0 Å². The average Bonchev–Trinajstić information content (AvgIpc) is 3.26. The van der Waals surface area contributed by atoms with Crippen LogP contribution < -0.4 is 11.1 Å². The zero-order valence-electron chi connectivity index (χ0n) is 14.5. The number of hydrogen-bond donors (Lipinski definition) is 3. The van der Waals surface area contributed by atoms with Crippen LogP contribution in [0, 0.1) is 5.92 Å². The third-order valence-electron chi connectivity index (χ3n) is 4.69. The molecule has 1 aliphatic rings. The lowest BCUT2D eigenvalue weighted by Gasteiger charge is -2.18. The highest BCUT2D eigenvalue weighted by molar-refractivity contribution is 6.01. The van der Waals surface area contributed by atoms with E-state index in [9.17, 15) is 4.79 Å². The van der Waals surface area contributed by atoms with Gasteiger partial charge in [-0.3, -0.25) is 9.89 Å². The van der Waals surface area contributed by atoms with Gasteiger partial charge in [0.2, 0.25) is 0 Å². The maximum atomic E-state index is 13.0. The summed E-state index contributed by atoms with van der Waals surface area (Å²) in [6.07, 6.45) is 3.67. The molecule has 2 heterocycles. The Morgan fingerprint density at radius 2 is 2.15 bits per heavy atom. The molecule has 4 rings (SSSR count). The third kappa shape index (κ3) is 2.94. The molecule has 0 spiro atoms. The fourth-order valence-electron chi connectivity index (χ4n) is 3.21. The number of H-pyrrole nitrogens is 1. The fraction of sp³-hybridized carbons (Fsp3) is 0.333. The number of nitrogen functional groups attached to an aromatic ring is 1. The average molecular weight is 351 g/mol. The number of aromatic amines is 1. The molecular formula is C18H21N7O. The highest BCUT2D eigenvalue weighted by Gasteiger charge is 2.37. The first-order valence-corrected chi connectivity index (χ1v) is 8.76. The topological polar surface area (TPSA) is 115 Å². The van der Waals surface area contributed by atoms with Gasteiger partial charge in [0, 0.05) is 6.54 Å². The van der Waals surface area contributed by atoms with E-state index in [0.717, 1.165) is 24.2 Å². The van der Waals surface area contributed by atoms with E-state index in [4.69, 9.17) is 5.73 Å². The second kappa shape index (κ2) is 6.62. The van der Waals surface area contributed by atoms with Crippen molar-refractivity contribution in [3.63, 3.8) is 0 Å². The number of hydrogen-bond acceptors (Lipinski definition) is 5. The second-order valence-electron chi connectivity index (χ2n) is 6.45. The van der Waals surface area contributed by atoms with E-state index in [1.807, 2.05) is 41.9 Å². The number of nitrogens with zero attached hydrogens (tertiary/aromatic N) is 4. The van der Waals surface area contributed by atoms with Gasteiger partial charge in [0.15, 0.2) is 5.82 Å². The zero-order chi connectivity index (χ0) is 18.1. The normalized spacial score (nSPS) is 15.0. The van der Waals surface area contributed by atoms with Gasteiger partial charge in [-0.2, -0.15) is 10.2 Å². The van der Waals surface area contributed by atoms with Crippen LogP contribution in [0.25, 0.3) is 11.1 Å². The smallest absolute Gasteiger partial charge is 0.270 e. The number of amides is 1. The Labute approximate surface area is 150 Å². The number of aryl methyl sites for hydroxylation is 1. The summed E-state index contributed by atoms with van der Waals surface area (Å²) < 4.78 is 1.82. The Balaban J connectivity index is 1.64. The van der Waals surface area contributed by atoms with Crippen LogP contribution >= 0.6 is 0 Å². The van der Waals surface area contributed by atoms with Gasteiger partial charge in [-0.15, -0.1) is 0 Å². The molecular weight excluding hydrogens is 330 g/mol. The summed E-state index contributed by atoms with van der Waals surface area (Å²) in [7, 11) is 0. The monoisotopic (exact) mass is 351 g/mol. The van der Waals surface area contributed by atoms with Crippen molar-refractivity contribution >= 4 is 11.7 Å². The van der Waals surface area contributed by atoms with Gasteiger partial charge < -0.3 is 11.1 Å². The van der Waals surface area contributed by atoms with Crippen molar-refractivity contribution in [1.29, 1.82) is 0 Å². The minimum Gasteiger partial charge on any atom is -0.382 e. The number of anilines is 1.